The molecule has 0 saturated carbocycles. The molecule has 1 aliphatic carbocycles. The fraction of sp³-hybridized carbons (Fsp3) is 0.636. The lowest BCUT2D eigenvalue weighted by Gasteiger charge is -2.18. The lowest BCUT2D eigenvalue weighted by atomic mass is 9.94. The Balaban J connectivity index is 2.55. The van der Waals surface area contributed by atoms with Crippen molar-refractivity contribution in [3.05, 3.63) is 11.3 Å². The maximum absolute atomic E-state index is 5.31. The van der Waals surface area contributed by atoms with Gasteiger partial charge in [-0.25, -0.2) is 0 Å². The van der Waals surface area contributed by atoms with E-state index < -0.39 is 0 Å². The third-order valence-corrected chi connectivity index (χ3v) is 2.34. The van der Waals surface area contributed by atoms with E-state index in [2.05, 4.69) is 5.92 Å². The van der Waals surface area contributed by atoms with Crippen LogP contribution in [0.1, 0.15) is 38.5 Å². The normalized spacial score (nSPS) is 17.3. The predicted molar refractivity (Wildman–Crippen MR) is 50.6 cm³/mol. The second kappa shape index (κ2) is 4.87. The van der Waals surface area contributed by atoms with Gasteiger partial charge in [-0.1, -0.05) is 0 Å². The number of hydrogen-bond donors (Lipinski definition) is 0. The zero-order valence-corrected chi connectivity index (χ0v) is 7.73. The van der Waals surface area contributed by atoms with E-state index in [0.29, 0.717) is 0 Å². The summed E-state index contributed by atoms with van der Waals surface area (Å²) in [5.74, 6) is 3.86. The average Bonchev–Trinajstić information content (AvgIpc) is 2.15. The van der Waals surface area contributed by atoms with Gasteiger partial charge in [0.2, 0.25) is 0 Å². The number of hydrogen-bond acceptors (Lipinski definition) is 1. The third-order valence-electron chi connectivity index (χ3n) is 2.34. The number of ether oxygens (including phenoxy) is 1. The Morgan fingerprint density at radius 2 is 2.17 bits per heavy atom. The molecule has 1 rings (SSSR count). The zero-order chi connectivity index (χ0) is 8.81. The van der Waals surface area contributed by atoms with Crippen molar-refractivity contribution < 1.29 is 4.74 Å². The maximum atomic E-state index is 5.31. The van der Waals surface area contributed by atoms with Gasteiger partial charge in [-0.05, 0) is 31.3 Å². The summed E-state index contributed by atoms with van der Waals surface area (Å²) in [4.78, 5) is 0. The lowest BCUT2D eigenvalue weighted by Crippen LogP contribution is -2.01. The molecule has 0 aliphatic heterocycles. The van der Waals surface area contributed by atoms with Gasteiger partial charge in [-0.15, -0.1) is 12.3 Å². The lowest BCUT2D eigenvalue weighted by molar-refractivity contribution is 0.258. The minimum atomic E-state index is 0.849. The van der Waals surface area contributed by atoms with Crippen molar-refractivity contribution in [2.75, 3.05) is 7.11 Å². The van der Waals surface area contributed by atoms with E-state index in [4.69, 9.17) is 11.2 Å². The molecule has 0 radical (unpaired) electrons. The van der Waals surface area contributed by atoms with Gasteiger partial charge in [0.25, 0.3) is 0 Å². The predicted octanol–water partition coefficient (Wildman–Crippen LogP) is 2.87. The smallest absolute Gasteiger partial charge is 0.0947 e. The molecule has 0 heterocycles. The van der Waals surface area contributed by atoms with Crippen LogP contribution in [0.2, 0.25) is 0 Å². The number of methoxy groups -OCH3 is 1. The van der Waals surface area contributed by atoms with Crippen LogP contribution in [0, 0.1) is 12.3 Å². The molecule has 0 fully saturated rings. The molecule has 1 nitrogen and oxygen atoms in total. The van der Waals surface area contributed by atoms with Gasteiger partial charge in [0.15, 0.2) is 0 Å². The van der Waals surface area contributed by atoms with Crippen molar-refractivity contribution >= 4 is 0 Å². The van der Waals surface area contributed by atoms with E-state index in [0.717, 1.165) is 19.3 Å². The van der Waals surface area contributed by atoms with Crippen molar-refractivity contribution in [1.29, 1.82) is 0 Å². The zero-order valence-electron chi connectivity index (χ0n) is 7.73. The van der Waals surface area contributed by atoms with Crippen LogP contribution >= 0.6 is 0 Å². The second-order valence-electron chi connectivity index (χ2n) is 3.14. The van der Waals surface area contributed by atoms with Gasteiger partial charge in [-0.2, -0.15) is 0 Å². The van der Waals surface area contributed by atoms with E-state index in [1.165, 1.54) is 30.6 Å². The number of rotatable bonds is 3. The summed E-state index contributed by atoms with van der Waals surface area (Å²) in [5, 5.41) is 0. The highest BCUT2D eigenvalue weighted by atomic mass is 16.5. The Morgan fingerprint density at radius 1 is 1.42 bits per heavy atom. The Labute approximate surface area is 74.8 Å². The Morgan fingerprint density at radius 3 is 2.83 bits per heavy atom. The van der Waals surface area contributed by atoms with Crippen LogP contribution in [0.15, 0.2) is 11.3 Å². The molecular formula is C11H16O. The van der Waals surface area contributed by atoms with Crippen LogP contribution in [-0.2, 0) is 4.74 Å². The largest absolute Gasteiger partial charge is 0.501 e. The molecule has 0 atom stereocenters. The first-order chi connectivity index (χ1) is 5.88. The molecule has 0 bridgehead atoms. The van der Waals surface area contributed by atoms with E-state index in [9.17, 15) is 0 Å². The molecule has 0 saturated heterocycles. The highest BCUT2D eigenvalue weighted by Crippen LogP contribution is 2.27. The van der Waals surface area contributed by atoms with Crippen LogP contribution in [0.25, 0.3) is 0 Å². The highest BCUT2D eigenvalue weighted by molar-refractivity contribution is 5.13. The fourth-order valence-electron chi connectivity index (χ4n) is 1.67. The van der Waals surface area contributed by atoms with Gasteiger partial charge in [0, 0.05) is 12.8 Å². The third kappa shape index (κ3) is 2.30. The summed E-state index contributed by atoms with van der Waals surface area (Å²) in [6.45, 7) is 0. The number of terminal acetylenes is 1. The van der Waals surface area contributed by atoms with Crippen LogP contribution in [0.5, 0.6) is 0 Å². The molecular weight excluding hydrogens is 148 g/mol. The van der Waals surface area contributed by atoms with Gasteiger partial charge < -0.3 is 4.74 Å². The van der Waals surface area contributed by atoms with Crippen LogP contribution < -0.4 is 0 Å². The summed E-state index contributed by atoms with van der Waals surface area (Å²) < 4.78 is 5.31. The molecule has 12 heavy (non-hydrogen) atoms. The van der Waals surface area contributed by atoms with E-state index in [1.54, 1.807) is 7.11 Å². The Kier molecular flexibility index (Phi) is 3.73. The Hall–Kier alpha value is -0.900. The summed E-state index contributed by atoms with van der Waals surface area (Å²) >= 11 is 0. The van der Waals surface area contributed by atoms with Gasteiger partial charge in [0.05, 0.1) is 12.9 Å². The van der Waals surface area contributed by atoms with Crippen LogP contribution in [0.4, 0.5) is 0 Å². The Bertz CT molecular complexity index is 208. The quantitative estimate of drug-likeness (QED) is 0.583. The molecule has 0 N–H and O–H groups in total. The molecule has 0 aromatic carbocycles. The minimum absolute atomic E-state index is 0.849. The highest BCUT2D eigenvalue weighted by Gasteiger charge is 2.11. The first-order valence-electron chi connectivity index (χ1n) is 4.57. The second-order valence-corrected chi connectivity index (χ2v) is 3.14. The minimum Gasteiger partial charge on any atom is -0.501 e. The molecule has 1 aliphatic rings. The topological polar surface area (TPSA) is 9.23 Å². The standard InChI is InChI=1S/C11H16O/c1-3-4-7-10-8-5-6-9-11(10)12-2/h1H,4-9H2,2H3. The maximum Gasteiger partial charge on any atom is 0.0947 e. The van der Waals surface area contributed by atoms with Crippen molar-refractivity contribution in [3.63, 3.8) is 0 Å². The summed E-state index contributed by atoms with van der Waals surface area (Å²) in [6.07, 6.45) is 12.0. The van der Waals surface area contributed by atoms with E-state index in [-0.39, 0.29) is 0 Å². The monoisotopic (exact) mass is 164 g/mol. The van der Waals surface area contributed by atoms with Crippen molar-refractivity contribution in [1.82, 2.24) is 0 Å². The van der Waals surface area contributed by atoms with Crippen molar-refractivity contribution in [3.8, 4) is 12.3 Å². The molecule has 0 unspecified atom stereocenters. The molecule has 66 valence electrons. The molecule has 0 aromatic rings. The molecule has 0 amide bonds. The summed E-state index contributed by atoms with van der Waals surface area (Å²) in [5.41, 5.74) is 1.45. The molecule has 1 heteroatoms. The first kappa shape index (κ1) is 9.19. The van der Waals surface area contributed by atoms with Crippen LogP contribution in [-0.4, -0.2) is 7.11 Å². The summed E-state index contributed by atoms with van der Waals surface area (Å²) in [7, 11) is 1.76. The summed E-state index contributed by atoms with van der Waals surface area (Å²) in [6, 6.07) is 0. The van der Waals surface area contributed by atoms with E-state index in [1.807, 2.05) is 0 Å². The van der Waals surface area contributed by atoms with Crippen LogP contribution in [0.3, 0.4) is 0 Å². The first-order valence-corrected chi connectivity index (χ1v) is 4.57. The van der Waals surface area contributed by atoms with Gasteiger partial charge in [0.1, 0.15) is 0 Å². The molecule has 0 spiro atoms. The molecule has 0 aromatic heterocycles. The van der Waals surface area contributed by atoms with E-state index >= 15 is 0 Å². The van der Waals surface area contributed by atoms with Gasteiger partial charge >= 0.3 is 0 Å². The SMILES string of the molecule is C#CCCC1=C(OC)CCCC1. The van der Waals surface area contributed by atoms with Crippen molar-refractivity contribution in [2.45, 2.75) is 38.5 Å². The average molecular weight is 164 g/mol. The van der Waals surface area contributed by atoms with Gasteiger partial charge in [-0.3, -0.25) is 0 Å². The number of allylic oxidation sites excluding steroid dienone is 2. The van der Waals surface area contributed by atoms with Crippen molar-refractivity contribution in [2.24, 2.45) is 0 Å². The fourth-order valence-corrected chi connectivity index (χ4v) is 1.67.